The summed E-state index contributed by atoms with van der Waals surface area (Å²) in [5, 5.41) is 17.1. The Morgan fingerprint density at radius 2 is 1.82 bits per heavy atom. The second kappa shape index (κ2) is 8.53. The summed E-state index contributed by atoms with van der Waals surface area (Å²) in [5.41, 5.74) is 0.819. The van der Waals surface area contributed by atoms with Crippen molar-refractivity contribution in [1.82, 2.24) is 10.2 Å². The van der Waals surface area contributed by atoms with Gasteiger partial charge >= 0.3 is 5.97 Å². The molecule has 28 heavy (non-hydrogen) atoms. The molecule has 1 atom stereocenters. The summed E-state index contributed by atoms with van der Waals surface area (Å²) in [4.78, 5) is 11.4. The van der Waals surface area contributed by atoms with Crippen molar-refractivity contribution >= 4 is 5.97 Å². The van der Waals surface area contributed by atoms with E-state index in [1.54, 1.807) is 44.4 Å². The fourth-order valence-electron chi connectivity index (χ4n) is 2.54. The van der Waals surface area contributed by atoms with Gasteiger partial charge in [-0.1, -0.05) is 0 Å². The third-order valence-electron chi connectivity index (χ3n) is 3.73. The standard InChI is InChI=1S/C20H20N2O6/c1-12(11-25-3)26-17-8-15(20(23)24)9-18(10-17)28-16-6-4-14(5-7-16)19-22-21-13(2)27-19/h4-10,12H,11H2,1-3H3,(H,23,24)/t12-/m0/s1. The number of aromatic carboxylic acids is 1. The van der Waals surface area contributed by atoms with Crippen molar-refractivity contribution in [3.8, 4) is 28.7 Å². The van der Waals surface area contributed by atoms with Gasteiger partial charge in [-0.2, -0.15) is 0 Å². The number of aromatic nitrogens is 2. The number of benzene rings is 2. The van der Waals surface area contributed by atoms with Crippen molar-refractivity contribution in [2.75, 3.05) is 13.7 Å². The molecule has 1 heterocycles. The molecule has 0 fully saturated rings. The molecule has 0 aliphatic heterocycles. The molecule has 1 N–H and O–H groups in total. The van der Waals surface area contributed by atoms with Crippen LogP contribution in [0.1, 0.15) is 23.2 Å². The maximum atomic E-state index is 11.4. The van der Waals surface area contributed by atoms with E-state index >= 15 is 0 Å². The summed E-state index contributed by atoms with van der Waals surface area (Å²) < 4.78 is 21.9. The predicted molar refractivity (Wildman–Crippen MR) is 99.9 cm³/mol. The minimum absolute atomic E-state index is 0.0649. The molecule has 8 nitrogen and oxygen atoms in total. The summed E-state index contributed by atoms with van der Waals surface area (Å²) in [5.74, 6) is 1.09. The van der Waals surface area contributed by atoms with Gasteiger partial charge in [-0.15, -0.1) is 10.2 Å². The van der Waals surface area contributed by atoms with Crippen LogP contribution in [0.15, 0.2) is 46.9 Å². The molecule has 3 rings (SSSR count). The minimum atomic E-state index is -1.07. The summed E-state index contributed by atoms with van der Waals surface area (Å²) in [6.07, 6.45) is -0.237. The molecule has 1 aromatic heterocycles. The molecule has 0 amide bonds. The van der Waals surface area contributed by atoms with Gasteiger partial charge in [-0.25, -0.2) is 4.79 Å². The monoisotopic (exact) mass is 384 g/mol. The van der Waals surface area contributed by atoms with Crippen LogP contribution in [0, 0.1) is 6.92 Å². The van der Waals surface area contributed by atoms with Crippen molar-refractivity contribution in [1.29, 1.82) is 0 Å². The van der Waals surface area contributed by atoms with Crippen molar-refractivity contribution in [2.24, 2.45) is 0 Å². The van der Waals surface area contributed by atoms with E-state index in [0.29, 0.717) is 35.6 Å². The lowest BCUT2D eigenvalue weighted by molar-refractivity contribution is 0.0693. The largest absolute Gasteiger partial charge is 0.488 e. The number of methoxy groups -OCH3 is 1. The molecule has 146 valence electrons. The normalized spacial score (nSPS) is 11.8. The van der Waals surface area contributed by atoms with Gasteiger partial charge in [0.05, 0.1) is 12.2 Å². The van der Waals surface area contributed by atoms with E-state index in [2.05, 4.69) is 10.2 Å². The van der Waals surface area contributed by atoms with Crippen LogP contribution >= 0.6 is 0 Å². The first-order chi connectivity index (χ1) is 13.4. The number of carboxylic acids is 1. The highest BCUT2D eigenvalue weighted by atomic mass is 16.5. The first-order valence-electron chi connectivity index (χ1n) is 8.57. The van der Waals surface area contributed by atoms with Crippen LogP contribution in [0.4, 0.5) is 0 Å². The summed E-state index contributed by atoms with van der Waals surface area (Å²) in [6.45, 7) is 3.93. The molecule has 0 bridgehead atoms. The number of aryl methyl sites for hydroxylation is 1. The molecule has 0 spiro atoms. The van der Waals surface area contributed by atoms with Gasteiger partial charge in [0.1, 0.15) is 23.4 Å². The van der Waals surface area contributed by atoms with E-state index in [0.717, 1.165) is 5.56 Å². The predicted octanol–water partition coefficient (Wildman–Crippen LogP) is 3.95. The van der Waals surface area contributed by atoms with E-state index in [4.69, 9.17) is 18.6 Å². The van der Waals surface area contributed by atoms with Gasteiger partial charge in [0.2, 0.25) is 11.8 Å². The fraction of sp³-hybridized carbons (Fsp3) is 0.250. The van der Waals surface area contributed by atoms with Gasteiger partial charge in [-0.05, 0) is 43.3 Å². The molecule has 0 saturated heterocycles. The zero-order valence-electron chi connectivity index (χ0n) is 15.7. The van der Waals surface area contributed by atoms with Crippen LogP contribution in [-0.2, 0) is 4.74 Å². The lowest BCUT2D eigenvalue weighted by Crippen LogP contribution is -2.18. The Labute approximate surface area is 161 Å². The molecule has 2 aromatic carbocycles. The van der Waals surface area contributed by atoms with E-state index < -0.39 is 5.97 Å². The number of ether oxygens (including phenoxy) is 3. The average molecular weight is 384 g/mol. The second-order valence-electron chi connectivity index (χ2n) is 6.13. The third kappa shape index (κ3) is 4.86. The van der Waals surface area contributed by atoms with Crippen molar-refractivity contribution < 1.29 is 28.5 Å². The van der Waals surface area contributed by atoms with Crippen molar-refractivity contribution in [3.63, 3.8) is 0 Å². The van der Waals surface area contributed by atoms with Crippen LogP contribution < -0.4 is 9.47 Å². The van der Waals surface area contributed by atoms with E-state index in [1.807, 2.05) is 6.92 Å². The van der Waals surface area contributed by atoms with Crippen molar-refractivity contribution in [3.05, 3.63) is 53.9 Å². The summed E-state index contributed by atoms with van der Waals surface area (Å²) >= 11 is 0. The Morgan fingerprint density at radius 1 is 1.11 bits per heavy atom. The zero-order valence-corrected chi connectivity index (χ0v) is 15.7. The lowest BCUT2D eigenvalue weighted by atomic mass is 10.2. The molecule has 0 saturated carbocycles. The molecule has 0 unspecified atom stereocenters. The Hall–Kier alpha value is -3.39. The minimum Gasteiger partial charge on any atom is -0.488 e. The number of hydrogen-bond acceptors (Lipinski definition) is 7. The van der Waals surface area contributed by atoms with E-state index in [9.17, 15) is 9.90 Å². The molecule has 0 radical (unpaired) electrons. The molecular weight excluding hydrogens is 364 g/mol. The highest BCUT2D eigenvalue weighted by Gasteiger charge is 2.12. The Morgan fingerprint density at radius 3 is 2.43 bits per heavy atom. The molecule has 0 aliphatic rings. The van der Waals surface area contributed by atoms with Gasteiger partial charge in [-0.3, -0.25) is 0 Å². The van der Waals surface area contributed by atoms with Gasteiger partial charge in [0, 0.05) is 25.7 Å². The topological polar surface area (TPSA) is 104 Å². The number of hydrogen-bond donors (Lipinski definition) is 1. The first kappa shape index (κ1) is 19.4. The number of carboxylic acid groups (broad SMARTS) is 1. The van der Waals surface area contributed by atoms with Crippen molar-refractivity contribution in [2.45, 2.75) is 20.0 Å². The Kier molecular flexibility index (Phi) is 5.90. The summed E-state index contributed by atoms with van der Waals surface area (Å²) in [7, 11) is 1.57. The highest BCUT2D eigenvalue weighted by Crippen LogP contribution is 2.29. The van der Waals surface area contributed by atoms with E-state index in [1.165, 1.54) is 12.1 Å². The smallest absolute Gasteiger partial charge is 0.335 e. The van der Waals surface area contributed by atoms with Gasteiger partial charge in [0.25, 0.3) is 0 Å². The fourth-order valence-corrected chi connectivity index (χ4v) is 2.54. The van der Waals surface area contributed by atoms with Crippen LogP contribution in [-0.4, -0.2) is 41.1 Å². The molecular formula is C20H20N2O6. The quantitative estimate of drug-likeness (QED) is 0.623. The molecule has 3 aromatic rings. The number of nitrogens with zero attached hydrogens (tertiary/aromatic N) is 2. The maximum absolute atomic E-state index is 11.4. The molecule has 8 heteroatoms. The van der Waals surface area contributed by atoms with E-state index in [-0.39, 0.29) is 11.7 Å². The van der Waals surface area contributed by atoms with Crippen LogP contribution in [0.2, 0.25) is 0 Å². The van der Waals surface area contributed by atoms with Crippen LogP contribution in [0.3, 0.4) is 0 Å². The first-order valence-corrected chi connectivity index (χ1v) is 8.57. The van der Waals surface area contributed by atoms with Gasteiger partial charge in [0.15, 0.2) is 0 Å². The highest BCUT2D eigenvalue weighted by molar-refractivity contribution is 5.88. The van der Waals surface area contributed by atoms with Crippen LogP contribution in [0.5, 0.6) is 17.2 Å². The Bertz CT molecular complexity index is 952. The van der Waals surface area contributed by atoms with Crippen LogP contribution in [0.25, 0.3) is 11.5 Å². The maximum Gasteiger partial charge on any atom is 0.335 e. The number of carbonyl (C=O) groups is 1. The Balaban J connectivity index is 1.80. The van der Waals surface area contributed by atoms with Gasteiger partial charge < -0.3 is 23.7 Å². The second-order valence-corrected chi connectivity index (χ2v) is 6.13. The number of rotatable bonds is 8. The SMILES string of the molecule is COC[C@H](C)Oc1cc(Oc2ccc(-c3nnc(C)o3)cc2)cc(C(=O)O)c1. The molecule has 0 aliphatic carbocycles. The average Bonchev–Trinajstić information content (AvgIpc) is 3.08. The summed E-state index contributed by atoms with van der Waals surface area (Å²) in [6, 6.07) is 11.5. The third-order valence-corrected chi connectivity index (χ3v) is 3.73. The lowest BCUT2D eigenvalue weighted by Gasteiger charge is -2.15. The zero-order chi connectivity index (χ0) is 20.1.